The normalized spacial score (nSPS) is 18.2. The Morgan fingerprint density at radius 2 is 2.09 bits per heavy atom. The number of nitrogens with two attached hydrogens (primary N) is 1. The van der Waals surface area contributed by atoms with Gasteiger partial charge in [0.25, 0.3) is 5.69 Å². The largest absolute Gasteiger partial charge is 0.384 e. The van der Waals surface area contributed by atoms with Crippen LogP contribution >= 0.6 is 23.1 Å². The third kappa shape index (κ3) is 4.01. The lowest BCUT2D eigenvalue weighted by atomic mass is 9.76. The summed E-state index contributed by atoms with van der Waals surface area (Å²) >= 11 is 3.42. The van der Waals surface area contributed by atoms with Gasteiger partial charge in [0.15, 0.2) is 5.78 Å². The van der Waals surface area contributed by atoms with Crippen LogP contribution in [0.25, 0.3) is 0 Å². The number of ketones is 1. The molecule has 0 fully saturated rings. The fourth-order valence-electron chi connectivity index (χ4n) is 4.68. The summed E-state index contributed by atoms with van der Waals surface area (Å²) in [6.45, 7) is 6.02. The molecule has 0 saturated carbocycles. The van der Waals surface area contributed by atoms with Crippen molar-refractivity contribution in [3.63, 3.8) is 0 Å². The number of rotatable bonds is 6. The van der Waals surface area contributed by atoms with Crippen molar-refractivity contribution in [3.05, 3.63) is 73.0 Å². The zero-order chi connectivity index (χ0) is 24.6. The molecule has 1 aliphatic heterocycles. The second-order valence-electron chi connectivity index (χ2n) is 8.29. The summed E-state index contributed by atoms with van der Waals surface area (Å²) in [6, 6.07) is 9.00. The van der Waals surface area contributed by atoms with E-state index in [9.17, 15) is 20.2 Å². The van der Waals surface area contributed by atoms with Gasteiger partial charge < -0.3 is 5.73 Å². The van der Waals surface area contributed by atoms with Gasteiger partial charge in [-0.2, -0.15) is 5.26 Å². The molecule has 2 aliphatic rings. The minimum Gasteiger partial charge on any atom is -0.384 e. The van der Waals surface area contributed by atoms with Crippen LogP contribution in [0, 0.1) is 28.4 Å². The number of nitrogens with zero attached hydrogens (tertiary/aromatic N) is 3. The molecule has 0 amide bonds. The summed E-state index contributed by atoms with van der Waals surface area (Å²) in [5.74, 6) is 0.606. The highest BCUT2D eigenvalue weighted by atomic mass is 32.2. The maximum Gasteiger partial charge on any atom is 0.271 e. The molecule has 2 N–H and O–H groups in total. The number of aryl methyl sites for hydroxylation is 2. The van der Waals surface area contributed by atoms with Gasteiger partial charge in [0, 0.05) is 34.7 Å². The fourth-order valence-corrected chi connectivity index (χ4v) is 7.06. The van der Waals surface area contributed by atoms with Crippen molar-refractivity contribution in [2.75, 3.05) is 10.7 Å². The molecule has 1 aliphatic carbocycles. The van der Waals surface area contributed by atoms with Gasteiger partial charge in [0.1, 0.15) is 5.82 Å². The monoisotopic (exact) mass is 494 g/mol. The number of nitro groups is 1. The van der Waals surface area contributed by atoms with E-state index < -0.39 is 10.8 Å². The molecule has 7 nitrogen and oxygen atoms in total. The SMILES string of the molecule is CCSc1sc(CC)cc1C1C(C#N)=C(N)N(c2cc([N+](=O)[O-])ccc2C)C2=C1C(=O)CCC2. The van der Waals surface area contributed by atoms with Crippen molar-refractivity contribution in [3.8, 4) is 6.07 Å². The molecule has 9 heteroatoms. The minimum atomic E-state index is -0.520. The van der Waals surface area contributed by atoms with Crippen LogP contribution in [0.3, 0.4) is 0 Å². The second-order valence-corrected chi connectivity index (χ2v) is 11.0. The van der Waals surface area contributed by atoms with Gasteiger partial charge in [0.2, 0.25) is 0 Å². The maximum absolute atomic E-state index is 13.4. The van der Waals surface area contributed by atoms with E-state index in [1.54, 1.807) is 34.1 Å². The van der Waals surface area contributed by atoms with Crippen molar-refractivity contribution >= 4 is 40.3 Å². The van der Waals surface area contributed by atoms with Crippen LogP contribution in [0.15, 0.2) is 51.1 Å². The molecule has 0 saturated heterocycles. The number of thiophene rings is 1. The van der Waals surface area contributed by atoms with Gasteiger partial charge in [-0.05, 0) is 49.1 Å². The molecule has 1 aromatic heterocycles. The molecule has 4 rings (SSSR count). The molecule has 2 heterocycles. The van der Waals surface area contributed by atoms with E-state index in [0.717, 1.165) is 33.2 Å². The first-order valence-electron chi connectivity index (χ1n) is 11.3. The Balaban J connectivity index is 2.00. The summed E-state index contributed by atoms with van der Waals surface area (Å²) in [5, 5.41) is 21.7. The lowest BCUT2D eigenvalue weighted by molar-refractivity contribution is -0.384. The van der Waals surface area contributed by atoms with Crippen molar-refractivity contribution in [2.24, 2.45) is 5.73 Å². The zero-order valence-corrected chi connectivity index (χ0v) is 21.0. The third-order valence-electron chi connectivity index (χ3n) is 6.27. The van der Waals surface area contributed by atoms with Crippen LogP contribution in [0.4, 0.5) is 11.4 Å². The number of benzene rings is 1. The number of anilines is 1. The molecule has 0 bridgehead atoms. The molecular formula is C25H26N4O3S2. The summed E-state index contributed by atoms with van der Waals surface area (Å²) in [7, 11) is 0. The molecule has 1 atom stereocenters. The highest BCUT2D eigenvalue weighted by Crippen LogP contribution is 2.50. The number of allylic oxidation sites excluding steroid dienone is 3. The Hall–Kier alpha value is -3.09. The number of hydrogen-bond acceptors (Lipinski definition) is 8. The fraction of sp³-hybridized carbons (Fsp3) is 0.360. The number of Topliss-reactive ketones (excluding diaryl/α,β-unsaturated/α-hetero) is 1. The minimum absolute atomic E-state index is 0.0104. The van der Waals surface area contributed by atoms with E-state index in [1.165, 1.54) is 17.0 Å². The highest BCUT2D eigenvalue weighted by Gasteiger charge is 2.42. The van der Waals surface area contributed by atoms with Crippen LogP contribution in [-0.2, 0) is 11.2 Å². The van der Waals surface area contributed by atoms with Crippen molar-refractivity contribution < 1.29 is 9.72 Å². The summed E-state index contributed by atoms with van der Waals surface area (Å²) < 4.78 is 1.11. The quantitative estimate of drug-likeness (QED) is 0.300. The number of carbonyl (C=O) groups is 1. The Labute approximate surface area is 207 Å². The van der Waals surface area contributed by atoms with Crippen LogP contribution in [-0.4, -0.2) is 16.5 Å². The Morgan fingerprint density at radius 1 is 1.32 bits per heavy atom. The average molecular weight is 495 g/mol. The number of non-ortho nitro benzene ring substituents is 1. The number of nitriles is 1. The maximum atomic E-state index is 13.4. The van der Waals surface area contributed by atoms with E-state index in [0.29, 0.717) is 36.1 Å². The predicted octanol–water partition coefficient (Wildman–Crippen LogP) is 5.94. The van der Waals surface area contributed by atoms with Gasteiger partial charge in [-0.1, -0.05) is 19.9 Å². The first-order chi connectivity index (χ1) is 16.3. The lowest BCUT2D eigenvalue weighted by Crippen LogP contribution is -2.39. The summed E-state index contributed by atoms with van der Waals surface area (Å²) in [6.07, 6.45) is 2.57. The summed E-state index contributed by atoms with van der Waals surface area (Å²) in [5.41, 5.74) is 10.5. The molecule has 34 heavy (non-hydrogen) atoms. The Morgan fingerprint density at radius 3 is 2.74 bits per heavy atom. The van der Waals surface area contributed by atoms with Crippen LogP contribution in [0.1, 0.15) is 55.0 Å². The van der Waals surface area contributed by atoms with E-state index >= 15 is 0 Å². The van der Waals surface area contributed by atoms with E-state index in [2.05, 4.69) is 26.0 Å². The van der Waals surface area contributed by atoms with E-state index in [1.807, 2.05) is 6.92 Å². The van der Waals surface area contributed by atoms with Crippen molar-refractivity contribution in [1.82, 2.24) is 0 Å². The predicted molar refractivity (Wildman–Crippen MR) is 136 cm³/mol. The number of carbonyl (C=O) groups excluding carboxylic acids is 1. The number of thioether (sulfide) groups is 1. The molecular weight excluding hydrogens is 468 g/mol. The smallest absolute Gasteiger partial charge is 0.271 e. The molecule has 0 spiro atoms. The van der Waals surface area contributed by atoms with Gasteiger partial charge in [-0.15, -0.1) is 23.1 Å². The van der Waals surface area contributed by atoms with E-state index in [-0.39, 0.29) is 17.3 Å². The summed E-state index contributed by atoms with van der Waals surface area (Å²) in [4.78, 5) is 27.3. The van der Waals surface area contributed by atoms with Gasteiger partial charge >= 0.3 is 0 Å². The van der Waals surface area contributed by atoms with Crippen molar-refractivity contribution in [1.29, 1.82) is 5.26 Å². The third-order valence-corrected chi connectivity index (χ3v) is 8.75. The first kappa shape index (κ1) is 24.0. The number of hydrogen-bond donors (Lipinski definition) is 1. The van der Waals surface area contributed by atoms with E-state index in [4.69, 9.17) is 5.73 Å². The average Bonchev–Trinajstić information content (AvgIpc) is 3.22. The molecule has 0 radical (unpaired) electrons. The van der Waals surface area contributed by atoms with Crippen LogP contribution in [0.5, 0.6) is 0 Å². The highest BCUT2D eigenvalue weighted by molar-refractivity contribution is 8.01. The first-order valence-corrected chi connectivity index (χ1v) is 13.1. The van der Waals surface area contributed by atoms with Crippen LogP contribution in [0.2, 0.25) is 0 Å². The molecule has 2 aromatic rings. The Kier molecular flexibility index (Phi) is 6.82. The molecule has 1 aromatic carbocycles. The zero-order valence-electron chi connectivity index (χ0n) is 19.4. The standard InChI is InChI=1S/C25H26N4O3S2/c1-4-16-12-17(25(34-16)33-5-2)22-18(13-26)24(27)28(19-7-6-8-21(30)23(19)22)20-11-15(29(31)32)10-9-14(20)3/h9-12,22H,4-8,27H2,1-3H3. The van der Waals surface area contributed by atoms with Gasteiger partial charge in [-0.25, -0.2) is 0 Å². The van der Waals surface area contributed by atoms with Gasteiger partial charge in [-0.3, -0.25) is 19.8 Å². The topological polar surface area (TPSA) is 113 Å². The lowest BCUT2D eigenvalue weighted by Gasteiger charge is -2.40. The van der Waals surface area contributed by atoms with Gasteiger partial charge in [0.05, 0.1) is 32.4 Å². The second kappa shape index (κ2) is 9.65. The van der Waals surface area contributed by atoms with Crippen molar-refractivity contribution in [2.45, 2.75) is 56.6 Å². The number of nitro benzene ring substituents is 1. The molecule has 1 unspecified atom stereocenters. The Bertz CT molecular complexity index is 1290. The molecule has 176 valence electrons. The van der Waals surface area contributed by atoms with Crippen LogP contribution < -0.4 is 10.6 Å².